The van der Waals surface area contributed by atoms with E-state index in [9.17, 15) is 0 Å². The highest BCUT2D eigenvalue weighted by molar-refractivity contribution is 6.30. The molecule has 0 amide bonds. The Bertz CT molecular complexity index is 995. The molecule has 0 aromatic heterocycles. The maximum absolute atomic E-state index is 7.21. The molecule has 18 atom stereocenters. The van der Waals surface area contributed by atoms with Gasteiger partial charge >= 0.3 is 0 Å². The molecular formula is C32H58Cl2N8Si. The van der Waals surface area contributed by atoms with Gasteiger partial charge in [0.1, 0.15) is 0 Å². The van der Waals surface area contributed by atoms with E-state index < -0.39 is 0 Å². The van der Waals surface area contributed by atoms with E-state index in [1.165, 1.54) is 77.0 Å². The van der Waals surface area contributed by atoms with Gasteiger partial charge in [-0.15, -0.1) is 23.2 Å². The molecule has 5 aliphatic heterocycles. The number of fused-ring (bicyclic) bond motifs is 20. The SMILES string of the molecule is ClC1CCC2C3NC4NC(NC5NC(NC6NC(NC(N3)C2C1Cl)C1CCCCC61)C1CCCCC51)C1CCCCC41.[SiH4]. The minimum Gasteiger partial charge on any atom is -0.286 e. The van der Waals surface area contributed by atoms with Gasteiger partial charge in [-0.1, -0.05) is 38.5 Å². The fourth-order valence-electron chi connectivity index (χ4n) is 11.9. The highest BCUT2D eigenvalue weighted by Crippen LogP contribution is 2.47. The molecule has 43 heavy (non-hydrogen) atoms. The van der Waals surface area contributed by atoms with Crippen LogP contribution < -0.4 is 42.5 Å². The van der Waals surface area contributed by atoms with Crippen LogP contribution in [0.1, 0.15) is 89.9 Å². The molecule has 4 saturated carbocycles. The zero-order valence-electron chi connectivity index (χ0n) is 25.0. The van der Waals surface area contributed by atoms with Crippen molar-refractivity contribution in [3.8, 4) is 0 Å². The van der Waals surface area contributed by atoms with Gasteiger partial charge in [-0.2, -0.15) is 0 Å². The molecule has 0 aromatic carbocycles. The highest BCUT2D eigenvalue weighted by Gasteiger charge is 2.56. The van der Waals surface area contributed by atoms with E-state index in [0.29, 0.717) is 84.3 Å². The zero-order valence-corrected chi connectivity index (χ0v) is 26.6. The molecule has 8 N–H and O–H groups in total. The zero-order chi connectivity index (χ0) is 27.9. The van der Waals surface area contributed by atoms with E-state index in [0.717, 1.165) is 12.8 Å². The summed E-state index contributed by atoms with van der Waals surface area (Å²) in [5.41, 5.74) is 0. The summed E-state index contributed by atoms with van der Waals surface area (Å²) in [5, 5.41) is 33.4. The lowest BCUT2D eigenvalue weighted by molar-refractivity contribution is 0.169. The number of halogens is 2. The van der Waals surface area contributed by atoms with Gasteiger partial charge < -0.3 is 0 Å². The predicted octanol–water partition coefficient (Wildman–Crippen LogP) is 1.59. The number of rotatable bonds is 0. The first-order valence-corrected chi connectivity index (χ1v) is 18.9. The van der Waals surface area contributed by atoms with Gasteiger partial charge in [0.25, 0.3) is 0 Å². The molecule has 5 saturated heterocycles. The Morgan fingerprint density at radius 2 is 0.605 bits per heavy atom. The third-order valence-electron chi connectivity index (χ3n) is 13.9. The van der Waals surface area contributed by atoms with Crippen molar-refractivity contribution in [1.82, 2.24) is 42.5 Å². The predicted molar refractivity (Wildman–Crippen MR) is 179 cm³/mol. The van der Waals surface area contributed by atoms with Crippen LogP contribution in [0.3, 0.4) is 0 Å². The Hall–Kier alpha value is 0.477. The third-order valence-corrected chi connectivity index (χ3v) is 15.1. The summed E-state index contributed by atoms with van der Waals surface area (Å²) in [6.45, 7) is 0. The Kier molecular flexibility index (Phi) is 8.95. The molecule has 8 nitrogen and oxygen atoms in total. The van der Waals surface area contributed by atoms with E-state index >= 15 is 0 Å². The standard InChI is InChI=1S/C32H54Cl2N8.H4Si/c33-22-14-13-21-23(24(22)34)32-41-30-20-12-6-5-11-19(20)28(39-30)37-26-16-8-2-1-7-15(16)25(35-26)36-27-17-9-3-4-10-18(17)29(38-27)40-31(21)42-32;/h15-32,35-42H,1-14H2;1H4. The third kappa shape index (κ3) is 5.31. The van der Waals surface area contributed by atoms with Crippen molar-refractivity contribution in [1.29, 1.82) is 0 Å². The van der Waals surface area contributed by atoms with Gasteiger partial charge in [0.2, 0.25) is 0 Å². The van der Waals surface area contributed by atoms with Crippen LogP contribution in [0, 0.1) is 47.3 Å². The summed E-state index contributed by atoms with van der Waals surface area (Å²) in [7, 11) is 0. The molecule has 244 valence electrons. The Morgan fingerprint density at radius 3 is 0.930 bits per heavy atom. The van der Waals surface area contributed by atoms with Crippen LogP contribution in [0.5, 0.6) is 0 Å². The topological polar surface area (TPSA) is 96.2 Å². The van der Waals surface area contributed by atoms with Crippen molar-refractivity contribution < 1.29 is 0 Å². The molecule has 9 fully saturated rings. The lowest BCUT2D eigenvalue weighted by atomic mass is 9.76. The summed E-state index contributed by atoms with van der Waals surface area (Å²) >= 11 is 14.1. The van der Waals surface area contributed by atoms with E-state index in [2.05, 4.69) is 42.5 Å². The van der Waals surface area contributed by atoms with E-state index in [4.69, 9.17) is 23.2 Å². The monoisotopic (exact) mass is 652 g/mol. The number of nitrogens with one attached hydrogen (secondary N) is 8. The molecule has 4 aliphatic carbocycles. The quantitative estimate of drug-likeness (QED) is 0.148. The van der Waals surface area contributed by atoms with Crippen molar-refractivity contribution in [2.75, 3.05) is 0 Å². The second-order valence-electron chi connectivity index (χ2n) is 15.8. The largest absolute Gasteiger partial charge is 0.286 e. The fourth-order valence-corrected chi connectivity index (χ4v) is 12.7. The lowest BCUT2D eigenvalue weighted by Gasteiger charge is -2.39. The van der Waals surface area contributed by atoms with Gasteiger partial charge in [-0.3, -0.25) is 42.5 Å². The van der Waals surface area contributed by atoms with Crippen molar-refractivity contribution >= 4 is 34.2 Å². The second-order valence-corrected chi connectivity index (χ2v) is 16.8. The van der Waals surface area contributed by atoms with E-state index in [1.807, 2.05) is 0 Å². The summed E-state index contributed by atoms with van der Waals surface area (Å²) < 4.78 is 0. The second kappa shape index (κ2) is 12.5. The van der Waals surface area contributed by atoms with Crippen LogP contribution in [0.25, 0.3) is 0 Å². The molecule has 0 spiro atoms. The lowest BCUT2D eigenvalue weighted by Crippen LogP contribution is -2.62. The summed E-state index contributed by atoms with van der Waals surface area (Å²) in [6.07, 6.45) is 20.8. The maximum atomic E-state index is 7.21. The average Bonchev–Trinajstić information content (AvgIpc) is 3.74. The summed E-state index contributed by atoms with van der Waals surface area (Å²) in [4.78, 5) is 0. The van der Waals surface area contributed by atoms with Crippen LogP contribution in [0.15, 0.2) is 0 Å². The summed E-state index contributed by atoms with van der Waals surface area (Å²) in [6, 6.07) is 0. The molecular weight excluding hydrogens is 595 g/mol. The van der Waals surface area contributed by atoms with E-state index in [1.54, 1.807) is 0 Å². The minimum absolute atomic E-state index is 0. The van der Waals surface area contributed by atoms with Crippen LogP contribution in [-0.2, 0) is 0 Å². The van der Waals surface area contributed by atoms with E-state index in [-0.39, 0.29) is 34.1 Å². The van der Waals surface area contributed by atoms with Gasteiger partial charge in [-0.25, -0.2) is 0 Å². The first-order chi connectivity index (χ1) is 20.6. The normalized spacial score (nSPS) is 57.6. The minimum atomic E-state index is -0.0154. The van der Waals surface area contributed by atoms with Gasteiger partial charge in [0.15, 0.2) is 0 Å². The molecule has 9 rings (SSSR count). The number of hydrogen-bond donors (Lipinski definition) is 8. The van der Waals surface area contributed by atoms with Crippen molar-refractivity contribution in [2.45, 2.75) is 150 Å². The van der Waals surface area contributed by atoms with Crippen LogP contribution >= 0.6 is 23.2 Å². The molecule has 11 heteroatoms. The molecule has 0 aromatic rings. The fraction of sp³-hybridized carbons (Fsp3) is 1.00. The highest BCUT2D eigenvalue weighted by atomic mass is 35.5. The Balaban J connectivity index is 0.00000278. The smallest absolute Gasteiger partial charge is 0.0643 e. The Labute approximate surface area is 273 Å². The van der Waals surface area contributed by atoms with Crippen molar-refractivity contribution in [3.05, 3.63) is 0 Å². The maximum Gasteiger partial charge on any atom is 0.0643 e. The number of hydrogen-bond acceptors (Lipinski definition) is 8. The molecule has 8 bridgehead atoms. The van der Waals surface area contributed by atoms with Crippen molar-refractivity contribution in [3.63, 3.8) is 0 Å². The van der Waals surface area contributed by atoms with Crippen LogP contribution in [-0.4, -0.2) is 71.0 Å². The van der Waals surface area contributed by atoms with Crippen molar-refractivity contribution in [2.24, 2.45) is 47.3 Å². The molecule has 0 radical (unpaired) electrons. The Morgan fingerprint density at radius 1 is 0.326 bits per heavy atom. The van der Waals surface area contributed by atoms with Gasteiger partial charge in [0, 0.05) is 5.92 Å². The van der Waals surface area contributed by atoms with Crippen LogP contribution in [0.4, 0.5) is 0 Å². The molecule has 18 unspecified atom stereocenters. The first-order valence-electron chi connectivity index (χ1n) is 18.0. The molecule has 5 heterocycles. The first kappa shape index (κ1) is 30.8. The average molecular weight is 654 g/mol. The van der Waals surface area contributed by atoms with Gasteiger partial charge in [-0.05, 0) is 104 Å². The molecule has 9 aliphatic rings. The van der Waals surface area contributed by atoms with Crippen LogP contribution in [0.2, 0.25) is 0 Å². The summed E-state index contributed by atoms with van der Waals surface area (Å²) in [5.74, 6) is 4.93. The number of alkyl halides is 2. The van der Waals surface area contributed by atoms with Gasteiger partial charge in [0.05, 0.1) is 60.1 Å².